The van der Waals surface area contributed by atoms with E-state index in [1.54, 1.807) is 40.9 Å². The standard InChI is InChI=1S/C27H25FN4O4S/c1-2-14-32-23-12-11-21(37-15-13-17-3-5-18(6-4-17)26(34)35)16-22(23)24(25(32)33)30-31-27(36)29-20-9-7-19(28)8-10-20/h3-12,16H,2,13-15H2,1H3,(H,34,35)(H2,29,31,36). The van der Waals surface area contributed by atoms with Gasteiger partial charge in [-0.1, -0.05) is 19.1 Å². The van der Waals surface area contributed by atoms with Crippen LogP contribution in [0, 0.1) is 5.82 Å². The molecule has 0 unspecified atom stereocenters. The maximum Gasteiger partial charge on any atom is 0.339 e. The molecule has 3 amide bonds. The molecule has 1 aliphatic rings. The number of carbonyl (C=O) groups is 3. The third-order valence-electron chi connectivity index (χ3n) is 5.64. The zero-order valence-electron chi connectivity index (χ0n) is 20.0. The van der Waals surface area contributed by atoms with Crippen LogP contribution in [-0.2, 0) is 11.2 Å². The fourth-order valence-corrected chi connectivity index (χ4v) is 4.77. The molecule has 37 heavy (non-hydrogen) atoms. The first kappa shape index (κ1) is 25.9. The number of amides is 3. The van der Waals surface area contributed by atoms with Crippen LogP contribution in [0.1, 0.15) is 34.8 Å². The van der Waals surface area contributed by atoms with Crippen molar-refractivity contribution in [1.82, 2.24) is 5.43 Å². The molecule has 0 atom stereocenters. The van der Waals surface area contributed by atoms with Crippen LogP contribution >= 0.6 is 11.8 Å². The average Bonchev–Trinajstić information content (AvgIpc) is 3.14. The minimum Gasteiger partial charge on any atom is -0.478 e. The van der Waals surface area contributed by atoms with E-state index in [2.05, 4.69) is 15.8 Å². The first-order valence-corrected chi connectivity index (χ1v) is 12.7. The number of carboxylic acid groups (broad SMARTS) is 1. The number of hydrogen-bond donors (Lipinski definition) is 3. The van der Waals surface area contributed by atoms with Crippen molar-refractivity contribution in [3.8, 4) is 0 Å². The second-order valence-electron chi connectivity index (χ2n) is 8.27. The first-order chi connectivity index (χ1) is 17.9. The molecule has 0 radical (unpaired) electrons. The molecular weight excluding hydrogens is 495 g/mol. The summed E-state index contributed by atoms with van der Waals surface area (Å²) in [5.41, 5.74) is 5.55. The summed E-state index contributed by atoms with van der Waals surface area (Å²) in [5, 5.41) is 15.7. The van der Waals surface area contributed by atoms with Crippen LogP contribution in [0.25, 0.3) is 0 Å². The minimum atomic E-state index is -0.953. The van der Waals surface area contributed by atoms with Crippen molar-refractivity contribution in [1.29, 1.82) is 0 Å². The van der Waals surface area contributed by atoms with E-state index in [4.69, 9.17) is 5.11 Å². The number of fused-ring (bicyclic) bond motifs is 1. The lowest BCUT2D eigenvalue weighted by molar-refractivity contribution is -0.112. The summed E-state index contributed by atoms with van der Waals surface area (Å²) in [5.74, 6) is -0.909. The van der Waals surface area contributed by atoms with Gasteiger partial charge in [0, 0.05) is 28.4 Å². The Morgan fingerprint density at radius 3 is 2.46 bits per heavy atom. The van der Waals surface area contributed by atoms with Gasteiger partial charge in [0.1, 0.15) is 5.82 Å². The molecule has 1 aliphatic heterocycles. The molecule has 0 spiro atoms. The Hall–Kier alpha value is -4.18. The van der Waals surface area contributed by atoms with Crippen molar-refractivity contribution < 1.29 is 23.9 Å². The summed E-state index contributed by atoms with van der Waals surface area (Å²) in [7, 11) is 0. The lowest BCUT2D eigenvalue weighted by atomic mass is 10.1. The number of urea groups is 1. The monoisotopic (exact) mass is 520 g/mol. The molecule has 3 aromatic rings. The number of hydrogen-bond acceptors (Lipinski definition) is 5. The highest BCUT2D eigenvalue weighted by molar-refractivity contribution is 7.99. The van der Waals surface area contributed by atoms with Crippen molar-refractivity contribution in [2.45, 2.75) is 24.7 Å². The minimum absolute atomic E-state index is 0.143. The van der Waals surface area contributed by atoms with Gasteiger partial charge >= 0.3 is 12.0 Å². The maximum atomic E-state index is 13.1. The molecule has 1 heterocycles. The number of rotatable bonds is 9. The number of halogens is 1. The largest absolute Gasteiger partial charge is 0.478 e. The quantitative estimate of drug-likeness (QED) is 0.267. The number of carboxylic acids is 1. The molecule has 10 heteroatoms. The van der Waals surface area contributed by atoms with E-state index in [0.29, 0.717) is 17.8 Å². The summed E-state index contributed by atoms with van der Waals surface area (Å²) < 4.78 is 13.1. The average molecular weight is 521 g/mol. The highest BCUT2D eigenvalue weighted by atomic mass is 32.2. The Balaban J connectivity index is 1.46. The Labute approximate surface area is 217 Å². The molecule has 0 saturated carbocycles. The van der Waals surface area contributed by atoms with E-state index in [1.807, 2.05) is 25.1 Å². The SMILES string of the molecule is CCCN1C(=O)C(=NNC(=O)Nc2ccc(F)cc2)c2cc(SCCc3ccc(C(=O)O)cc3)ccc21. The summed E-state index contributed by atoms with van der Waals surface area (Å²) in [6.45, 7) is 2.50. The van der Waals surface area contributed by atoms with Crippen molar-refractivity contribution in [3.63, 3.8) is 0 Å². The number of aryl methyl sites for hydroxylation is 1. The van der Waals surface area contributed by atoms with E-state index >= 15 is 0 Å². The molecule has 3 aromatic carbocycles. The van der Waals surface area contributed by atoms with Crippen molar-refractivity contribution >= 4 is 46.8 Å². The Bertz CT molecular complexity index is 1340. The predicted molar refractivity (Wildman–Crippen MR) is 142 cm³/mol. The highest BCUT2D eigenvalue weighted by Crippen LogP contribution is 2.33. The molecule has 8 nitrogen and oxygen atoms in total. The summed E-state index contributed by atoms with van der Waals surface area (Å²) in [6.07, 6.45) is 1.50. The highest BCUT2D eigenvalue weighted by Gasteiger charge is 2.34. The van der Waals surface area contributed by atoms with Gasteiger partial charge in [0.05, 0.1) is 11.3 Å². The number of carbonyl (C=O) groups excluding carboxylic acids is 2. The van der Waals surface area contributed by atoms with Crippen LogP contribution in [0.2, 0.25) is 0 Å². The summed E-state index contributed by atoms with van der Waals surface area (Å²) in [4.78, 5) is 39.0. The first-order valence-electron chi connectivity index (χ1n) is 11.7. The van der Waals surface area contributed by atoms with Gasteiger partial charge in [0.25, 0.3) is 5.91 Å². The Kier molecular flexibility index (Phi) is 8.19. The van der Waals surface area contributed by atoms with Gasteiger partial charge in [-0.2, -0.15) is 5.10 Å². The Morgan fingerprint density at radius 2 is 1.78 bits per heavy atom. The van der Waals surface area contributed by atoms with Crippen LogP contribution in [0.3, 0.4) is 0 Å². The number of nitrogens with zero attached hydrogens (tertiary/aromatic N) is 2. The number of nitrogens with one attached hydrogen (secondary N) is 2. The van der Waals surface area contributed by atoms with Crippen LogP contribution in [0.15, 0.2) is 76.7 Å². The van der Waals surface area contributed by atoms with E-state index in [-0.39, 0.29) is 17.2 Å². The third-order valence-corrected chi connectivity index (χ3v) is 6.64. The molecule has 0 bridgehead atoms. The molecule has 0 aliphatic carbocycles. The molecule has 190 valence electrons. The molecule has 0 saturated heterocycles. The molecule has 0 fully saturated rings. The summed E-state index contributed by atoms with van der Waals surface area (Å²) in [6, 6.07) is 17.2. The fourth-order valence-electron chi connectivity index (χ4n) is 3.84. The van der Waals surface area contributed by atoms with Gasteiger partial charge < -0.3 is 15.3 Å². The van der Waals surface area contributed by atoms with E-state index < -0.39 is 17.8 Å². The predicted octanol–water partition coefficient (Wildman–Crippen LogP) is 5.14. The molecular formula is C27H25FN4O4S. The number of thioether (sulfide) groups is 1. The van der Waals surface area contributed by atoms with Gasteiger partial charge in [-0.3, -0.25) is 4.79 Å². The topological polar surface area (TPSA) is 111 Å². The molecule has 4 rings (SSSR count). The van der Waals surface area contributed by atoms with Crippen molar-refractivity contribution in [2.75, 3.05) is 22.5 Å². The summed E-state index contributed by atoms with van der Waals surface area (Å²) >= 11 is 1.61. The van der Waals surface area contributed by atoms with Gasteiger partial charge in [0.2, 0.25) is 0 Å². The third kappa shape index (κ3) is 6.34. The fraction of sp³-hybridized carbons (Fsp3) is 0.185. The lowest BCUT2D eigenvalue weighted by Crippen LogP contribution is -2.33. The van der Waals surface area contributed by atoms with Gasteiger partial charge in [0.15, 0.2) is 5.71 Å². The van der Waals surface area contributed by atoms with Gasteiger partial charge in [-0.25, -0.2) is 19.4 Å². The number of benzene rings is 3. The van der Waals surface area contributed by atoms with Gasteiger partial charge in [-0.15, -0.1) is 11.8 Å². The number of anilines is 2. The van der Waals surface area contributed by atoms with Gasteiger partial charge in [-0.05, 0) is 73.0 Å². The van der Waals surface area contributed by atoms with Crippen LogP contribution in [0.4, 0.5) is 20.6 Å². The zero-order valence-corrected chi connectivity index (χ0v) is 20.8. The van der Waals surface area contributed by atoms with E-state index in [9.17, 15) is 18.8 Å². The number of hydrazone groups is 1. The van der Waals surface area contributed by atoms with Crippen molar-refractivity contribution in [2.24, 2.45) is 5.10 Å². The number of aromatic carboxylic acids is 1. The second-order valence-corrected chi connectivity index (χ2v) is 9.44. The van der Waals surface area contributed by atoms with Crippen molar-refractivity contribution in [3.05, 3.63) is 89.2 Å². The zero-order chi connectivity index (χ0) is 26.4. The molecule has 3 N–H and O–H groups in total. The van der Waals surface area contributed by atoms with E-state index in [1.165, 1.54) is 24.3 Å². The lowest BCUT2D eigenvalue weighted by Gasteiger charge is -2.15. The van der Waals surface area contributed by atoms with Crippen LogP contribution < -0.4 is 15.6 Å². The normalized spacial score (nSPS) is 13.5. The molecule has 0 aromatic heterocycles. The van der Waals surface area contributed by atoms with Crippen LogP contribution in [0.5, 0.6) is 0 Å². The van der Waals surface area contributed by atoms with Crippen LogP contribution in [-0.4, -0.2) is 41.0 Å². The Morgan fingerprint density at radius 1 is 1.05 bits per heavy atom. The second kappa shape index (κ2) is 11.7. The van der Waals surface area contributed by atoms with E-state index in [0.717, 1.165) is 34.7 Å². The smallest absolute Gasteiger partial charge is 0.339 e. The maximum absolute atomic E-state index is 13.1.